The number of methoxy groups -OCH3 is 1. The van der Waals surface area contributed by atoms with Gasteiger partial charge in [0.2, 0.25) is 0 Å². The molecule has 174 valence electrons. The average Bonchev–Trinajstić information content (AvgIpc) is 3.19. The van der Waals surface area contributed by atoms with Gasteiger partial charge >= 0.3 is 6.09 Å². The summed E-state index contributed by atoms with van der Waals surface area (Å²) in [5, 5.41) is 5.37. The third-order valence-corrected chi connectivity index (χ3v) is 6.42. The first-order valence-electron chi connectivity index (χ1n) is 11.1. The molecule has 2 aromatic carbocycles. The zero-order chi connectivity index (χ0) is 23.8. The average molecular weight is 468 g/mol. The normalized spacial score (nSPS) is 18.4. The Morgan fingerprint density at radius 2 is 2.00 bits per heavy atom. The Hall–Kier alpha value is -2.99. The fourth-order valence-electron chi connectivity index (χ4n) is 4.46. The summed E-state index contributed by atoms with van der Waals surface area (Å²) in [5.41, 5.74) is 2.74. The first kappa shape index (κ1) is 23.2. The topological polar surface area (TPSA) is 63.7 Å². The van der Waals surface area contributed by atoms with Gasteiger partial charge in [-0.15, -0.1) is 0 Å². The fourth-order valence-corrected chi connectivity index (χ4v) is 4.64. The van der Waals surface area contributed by atoms with Gasteiger partial charge in [-0.2, -0.15) is 0 Å². The number of halogens is 1. The number of nitrogens with one attached hydrogen (secondary N) is 1. The Bertz CT molecular complexity index is 1190. The zero-order valence-electron chi connectivity index (χ0n) is 19.7. The molecule has 0 bridgehead atoms. The predicted molar refractivity (Wildman–Crippen MR) is 132 cm³/mol. The first-order chi connectivity index (χ1) is 15.6. The van der Waals surface area contributed by atoms with Gasteiger partial charge in [-0.3, -0.25) is 4.98 Å². The summed E-state index contributed by atoms with van der Waals surface area (Å²) >= 11 is 6.50. The number of carbonyl (C=O) groups excluding carboxylic acids is 1. The van der Waals surface area contributed by atoms with Crippen molar-refractivity contribution in [1.82, 2.24) is 9.88 Å². The SMILES string of the molecule is COc1ccnc2cc(NC3(c4cccc(Cl)c4C)CCN(C(=O)OC(C)(C)C)C3)ccc12. The van der Waals surface area contributed by atoms with E-state index in [-0.39, 0.29) is 6.09 Å². The third-order valence-electron chi connectivity index (χ3n) is 6.01. The number of carbonyl (C=O) groups is 1. The van der Waals surface area contributed by atoms with Crippen molar-refractivity contribution in [2.24, 2.45) is 0 Å². The molecular formula is C26H30ClN3O3. The van der Waals surface area contributed by atoms with Crippen LogP contribution in [-0.4, -0.2) is 41.8 Å². The molecule has 0 spiro atoms. The van der Waals surface area contributed by atoms with Crippen molar-refractivity contribution in [3.05, 3.63) is 64.8 Å². The van der Waals surface area contributed by atoms with E-state index in [0.717, 1.165) is 39.9 Å². The van der Waals surface area contributed by atoms with Crippen LogP contribution in [0.3, 0.4) is 0 Å². The van der Waals surface area contributed by atoms with Crippen LogP contribution in [0.4, 0.5) is 10.5 Å². The van der Waals surface area contributed by atoms with Gasteiger partial charge in [0.25, 0.3) is 0 Å². The number of anilines is 1. The molecule has 2 heterocycles. The van der Waals surface area contributed by atoms with Gasteiger partial charge in [0.15, 0.2) is 0 Å². The minimum atomic E-state index is -0.551. The standard InChI is InChI=1S/C26H30ClN3O3/c1-17-20(7-6-8-21(17)27)26(12-14-30(16-26)24(31)33-25(2,3)4)29-18-9-10-19-22(15-18)28-13-11-23(19)32-5/h6-11,13,15,29H,12,14,16H2,1-5H3. The van der Waals surface area contributed by atoms with Gasteiger partial charge in [-0.25, -0.2) is 4.79 Å². The molecule has 1 N–H and O–H groups in total. The Morgan fingerprint density at radius 1 is 1.21 bits per heavy atom. The summed E-state index contributed by atoms with van der Waals surface area (Å²) in [7, 11) is 1.65. The highest BCUT2D eigenvalue weighted by Gasteiger charge is 2.43. The molecule has 7 heteroatoms. The molecule has 6 nitrogen and oxygen atoms in total. The molecule has 0 aliphatic carbocycles. The van der Waals surface area contributed by atoms with Crippen molar-refractivity contribution in [3.63, 3.8) is 0 Å². The maximum absolute atomic E-state index is 12.9. The zero-order valence-corrected chi connectivity index (χ0v) is 20.5. The van der Waals surface area contributed by atoms with E-state index in [1.165, 1.54) is 0 Å². The molecule has 1 saturated heterocycles. The molecule has 1 atom stereocenters. The molecule has 1 aliphatic heterocycles. The van der Waals surface area contributed by atoms with Gasteiger partial charge in [-0.1, -0.05) is 23.7 Å². The van der Waals surface area contributed by atoms with Gasteiger partial charge in [-0.05, 0) is 75.6 Å². The number of fused-ring (bicyclic) bond motifs is 1. The van der Waals surface area contributed by atoms with E-state index in [1.54, 1.807) is 18.2 Å². The number of rotatable bonds is 4. The highest BCUT2D eigenvalue weighted by Crippen LogP contribution is 2.40. The summed E-state index contributed by atoms with van der Waals surface area (Å²) in [4.78, 5) is 19.1. The van der Waals surface area contributed by atoms with Crippen molar-refractivity contribution in [2.45, 2.75) is 45.3 Å². The number of aromatic nitrogens is 1. The van der Waals surface area contributed by atoms with Crippen LogP contribution in [0.2, 0.25) is 5.02 Å². The van der Waals surface area contributed by atoms with Crippen LogP contribution >= 0.6 is 11.6 Å². The van der Waals surface area contributed by atoms with Crippen LogP contribution in [0, 0.1) is 6.92 Å². The van der Waals surface area contributed by atoms with E-state index in [0.29, 0.717) is 18.1 Å². The van der Waals surface area contributed by atoms with Crippen LogP contribution < -0.4 is 10.1 Å². The highest BCUT2D eigenvalue weighted by atomic mass is 35.5. The Kier molecular flexibility index (Phi) is 6.14. The number of nitrogens with zero attached hydrogens (tertiary/aromatic N) is 2. The summed E-state index contributed by atoms with van der Waals surface area (Å²) in [5.74, 6) is 0.781. The van der Waals surface area contributed by atoms with Crippen molar-refractivity contribution >= 4 is 34.3 Å². The quantitative estimate of drug-likeness (QED) is 0.498. The summed E-state index contributed by atoms with van der Waals surface area (Å²) in [6, 6.07) is 13.8. The minimum Gasteiger partial charge on any atom is -0.496 e. The van der Waals surface area contributed by atoms with Gasteiger partial charge in [0.05, 0.1) is 24.7 Å². The molecule has 33 heavy (non-hydrogen) atoms. The molecule has 1 amide bonds. The lowest BCUT2D eigenvalue weighted by Crippen LogP contribution is -2.42. The molecule has 4 rings (SSSR count). The lowest BCUT2D eigenvalue weighted by Gasteiger charge is -2.34. The van der Waals surface area contributed by atoms with E-state index >= 15 is 0 Å². The molecular weight excluding hydrogens is 438 g/mol. The second kappa shape index (κ2) is 8.75. The predicted octanol–water partition coefficient (Wildman–Crippen LogP) is 6.15. The van der Waals surface area contributed by atoms with Crippen LogP contribution in [0.5, 0.6) is 5.75 Å². The Balaban J connectivity index is 1.72. The number of hydrogen-bond acceptors (Lipinski definition) is 5. The van der Waals surface area contributed by atoms with Crippen molar-refractivity contribution in [1.29, 1.82) is 0 Å². The molecule has 1 fully saturated rings. The minimum absolute atomic E-state index is 0.309. The van der Waals surface area contributed by atoms with Crippen LogP contribution in [0.15, 0.2) is 48.7 Å². The summed E-state index contributed by atoms with van der Waals surface area (Å²) < 4.78 is 11.1. The largest absolute Gasteiger partial charge is 0.496 e. The van der Waals surface area contributed by atoms with Crippen molar-refractivity contribution in [3.8, 4) is 5.75 Å². The molecule has 1 aliphatic rings. The van der Waals surface area contributed by atoms with Gasteiger partial charge in [0, 0.05) is 28.8 Å². The highest BCUT2D eigenvalue weighted by molar-refractivity contribution is 6.31. The number of benzene rings is 2. The monoisotopic (exact) mass is 467 g/mol. The lowest BCUT2D eigenvalue weighted by molar-refractivity contribution is 0.0286. The molecule has 0 radical (unpaired) electrons. The van der Waals surface area contributed by atoms with E-state index in [2.05, 4.69) is 16.4 Å². The van der Waals surface area contributed by atoms with E-state index in [1.807, 2.05) is 64.1 Å². The van der Waals surface area contributed by atoms with Crippen molar-refractivity contribution in [2.75, 3.05) is 25.5 Å². The number of hydrogen-bond donors (Lipinski definition) is 1. The molecule has 1 unspecified atom stereocenters. The maximum Gasteiger partial charge on any atom is 0.410 e. The van der Waals surface area contributed by atoms with E-state index in [4.69, 9.17) is 21.1 Å². The van der Waals surface area contributed by atoms with Crippen LogP contribution in [-0.2, 0) is 10.3 Å². The fraction of sp³-hybridized carbons (Fsp3) is 0.385. The van der Waals surface area contributed by atoms with Crippen LogP contribution in [0.1, 0.15) is 38.3 Å². The summed E-state index contributed by atoms with van der Waals surface area (Å²) in [6.45, 7) is 8.70. The van der Waals surface area contributed by atoms with Crippen molar-refractivity contribution < 1.29 is 14.3 Å². The lowest BCUT2D eigenvalue weighted by atomic mass is 9.85. The van der Waals surface area contributed by atoms with Gasteiger partial charge in [0.1, 0.15) is 11.4 Å². The Labute approximate surface area is 199 Å². The number of ether oxygens (including phenoxy) is 2. The first-order valence-corrected chi connectivity index (χ1v) is 11.4. The van der Waals surface area contributed by atoms with Crippen LogP contribution in [0.25, 0.3) is 10.9 Å². The Morgan fingerprint density at radius 3 is 2.73 bits per heavy atom. The second-order valence-electron chi connectivity index (χ2n) is 9.52. The summed E-state index contributed by atoms with van der Waals surface area (Å²) in [6.07, 6.45) is 2.15. The number of amides is 1. The maximum atomic E-state index is 12.9. The van der Waals surface area contributed by atoms with Gasteiger partial charge < -0.3 is 19.7 Å². The molecule has 3 aromatic rings. The number of likely N-dealkylation sites (tertiary alicyclic amines) is 1. The smallest absolute Gasteiger partial charge is 0.410 e. The molecule has 1 aromatic heterocycles. The third kappa shape index (κ3) is 4.71. The second-order valence-corrected chi connectivity index (χ2v) is 9.92. The van der Waals surface area contributed by atoms with E-state index < -0.39 is 11.1 Å². The molecule has 0 saturated carbocycles. The number of pyridine rings is 1. The van der Waals surface area contributed by atoms with E-state index in [9.17, 15) is 4.79 Å².